The molecular formula is C18H25N3O4S. The molecule has 1 aromatic heterocycles. The van der Waals surface area contributed by atoms with Crippen LogP contribution in [0.1, 0.15) is 43.5 Å². The van der Waals surface area contributed by atoms with Crippen LogP contribution in [-0.4, -0.2) is 47.8 Å². The molecule has 0 amide bonds. The van der Waals surface area contributed by atoms with Crippen molar-refractivity contribution in [3.63, 3.8) is 0 Å². The zero-order valence-electron chi connectivity index (χ0n) is 15.4. The van der Waals surface area contributed by atoms with Gasteiger partial charge in [0.15, 0.2) is 5.82 Å². The summed E-state index contributed by atoms with van der Waals surface area (Å²) in [5, 5.41) is 3.58. The Kier molecular flexibility index (Phi) is 5.62. The highest BCUT2D eigenvalue weighted by Gasteiger charge is 2.36. The Balaban J connectivity index is 1.54. The number of hydrogen-bond donors (Lipinski definition) is 0. The molecule has 0 spiro atoms. The molecule has 0 saturated carbocycles. The van der Waals surface area contributed by atoms with E-state index in [1.807, 2.05) is 31.2 Å². The average Bonchev–Trinajstić information content (AvgIpc) is 3.24. The van der Waals surface area contributed by atoms with Crippen molar-refractivity contribution in [2.24, 2.45) is 0 Å². The van der Waals surface area contributed by atoms with Gasteiger partial charge < -0.3 is 9.26 Å². The normalized spacial score (nSPS) is 18.5. The summed E-state index contributed by atoms with van der Waals surface area (Å²) in [7, 11) is -3.24. The van der Waals surface area contributed by atoms with Gasteiger partial charge in [0.25, 0.3) is 0 Å². The highest BCUT2D eigenvalue weighted by atomic mass is 32.2. The maximum atomic E-state index is 12.3. The van der Waals surface area contributed by atoms with Crippen LogP contribution in [0.4, 0.5) is 0 Å². The molecule has 7 nitrogen and oxygen atoms in total. The third kappa shape index (κ3) is 4.24. The molecule has 3 rings (SSSR count). The van der Waals surface area contributed by atoms with Crippen LogP contribution in [0, 0.1) is 6.92 Å². The predicted molar refractivity (Wildman–Crippen MR) is 97.7 cm³/mol. The lowest BCUT2D eigenvalue weighted by Gasteiger charge is -2.18. The fourth-order valence-electron chi connectivity index (χ4n) is 2.96. The van der Waals surface area contributed by atoms with Crippen molar-refractivity contribution < 1.29 is 17.7 Å². The molecule has 1 unspecified atom stereocenters. The number of aryl methyl sites for hydroxylation is 1. The third-order valence-electron chi connectivity index (χ3n) is 4.52. The first-order chi connectivity index (χ1) is 12.4. The van der Waals surface area contributed by atoms with E-state index in [-0.39, 0.29) is 5.92 Å². The number of nitrogens with zero attached hydrogens (tertiary/aromatic N) is 3. The number of benzene rings is 1. The lowest BCUT2D eigenvalue weighted by molar-refractivity contribution is 0.312. The van der Waals surface area contributed by atoms with Crippen LogP contribution in [0.5, 0.6) is 5.75 Å². The SMILES string of the molecule is Cc1cccc(OCCc2noc(C3CCN(S(=O)(=O)C(C)C)C3)n2)c1. The first kappa shape index (κ1) is 18.8. The molecule has 2 heterocycles. The van der Waals surface area contributed by atoms with Crippen LogP contribution >= 0.6 is 0 Å². The zero-order chi connectivity index (χ0) is 18.7. The highest BCUT2D eigenvalue weighted by molar-refractivity contribution is 7.89. The summed E-state index contributed by atoms with van der Waals surface area (Å²) >= 11 is 0. The number of rotatable bonds is 7. The number of sulfonamides is 1. The van der Waals surface area contributed by atoms with E-state index in [0.717, 1.165) is 11.3 Å². The fourth-order valence-corrected chi connectivity index (χ4v) is 4.30. The minimum Gasteiger partial charge on any atom is -0.493 e. The highest BCUT2D eigenvalue weighted by Crippen LogP contribution is 2.29. The van der Waals surface area contributed by atoms with E-state index in [0.29, 0.717) is 44.3 Å². The van der Waals surface area contributed by atoms with Gasteiger partial charge in [-0.05, 0) is 44.9 Å². The molecule has 0 bridgehead atoms. The van der Waals surface area contributed by atoms with Gasteiger partial charge in [-0.25, -0.2) is 12.7 Å². The Bertz CT molecular complexity index is 848. The van der Waals surface area contributed by atoms with Crippen molar-refractivity contribution in [2.45, 2.75) is 44.8 Å². The van der Waals surface area contributed by atoms with E-state index in [2.05, 4.69) is 10.1 Å². The largest absolute Gasteiger partial charge is 0.493 e. The first-order valence-corrected chi connectivity index (χ1v) is 10.4. The summed E-state index contributed by atoms with van der Waals surface area (Å²) in [6.45, 7) is 6.77. The van der Waals surface area contributed by atoms with Crippen LogP contribution in [-0.2, 0) is 16.4 Å². The Hall–Kier alpha value is -1.93. The van der Waals surface area contributed by atoms with Gasteiger partial charge >= 0.3 is 0 Å². The summed E-state index contributed by atoms with van der Waals surface area (Å²) in [5.41, 5.74) is 1.14. The van der Waals surface area contributed by atoms with Gasteiger partial charge in [-0.3, -0.25) is 0 Å². The minimum absolute atomic E-state index is 0.0394. The van der Waals surface area contributed by atoms with E-state index in [9.17, 15) is 8.42 Å². The Morgan fingerprint density at radius 3 is 2.92 bits per heavy atom. The van der Waals surface area contributed by atoms with E-state index in [1.165, 1.54) is 4.31 Å². The molecule has 26 heavy (non-hydrogen) atoms. The van der Waals surface area contributed by atoms with Crippen molar-refractivity contribution >= 4 is 10.0 Å². The van der Waals surface area contributed by atoms with Gasteiger partial charge in [0.2, 0.25) is 15.9 Å². The van der Waals surface area contributed by atoms with Gasteiger partial charge in [-0.1, -0.05) is 17.3 Å². The standard InChI is InChI=1S/C18H25N3O4S/c1-13(2)26(22,23)21-9-7-15(12-21)18-19-17(20-25-18)8-10-24-16-6-4-5-14(3)11-16/h4-6,11,13,15H,7-10,12H2,1-3H3. The first-order valence-electron chi connectivity index (χ1n) is 8.87. The molecule has 1 aliphatic rings. The third-order valence-corrected chi connectivity index (χ3v) is 6.77. The van der Waals surface area contributed by atoms with E-state index < -0.39 is 15.3 Å². The molecule has 1 saturated heterocycles. The molecule has 0 radical (unpaired) electrons. The molecule has 8 heteroatoms. The quantitative estimate of drug-likeness (QED) is 0.735. The molecule has 0 aliphatic carbocycles. The fraction of sp³-hybridized carbons (Fsp3) is 0.556. The molecule has 0 N–H and O–H groups in total. The van der Waals surface area contributed by atoms with Gasteiger partial charge in [0, 0.05) is 19.5 Å². The van der Waals surface area contributed by atoms with Gasteiger partial charge in [-0.15, -0.1) is 0 Å². The lowest BCUT2D eigenvalue weighted by atomic mass is 10.1. The summed E-state index contributed by atoms with van der Waals surface area (Å²) in [6, 6.07) is 7.86. The Morgan fingerprint density at radius 2 is 2.19 bits per heavy atom. The molecule has 2 aromatic rings. The van der Waals surface area contributed by atoms with E-state index in [1.54, 1.807) is 13.8 Å². The predicted octanol–water partition coefficient (Wildman–Crippen LogP) is 2.53. The number of aromatic nitrogens is 2. The van der Waals surface area contributed by atoms with Crippen LogP contribution in [0.15, 0.2) is 28.8 Å². The van der Waals surface area contributed by atoms with E-state index in [4.69, 9.17) is 9.26 Å². The topological polar surface area (TPSA) is 85.5 Å². The summed E-state index contributed by atoms with van der Waals surface area (Å²) in [4.78, 5) is 4.42. The minimum atomic E-state index is -3.24. The van der Waals surface area contributed by atoms with Gasteiger partial charge in [0.05, 0.1) is 17.8 Å². The summed E-state index contributed by atoms with van der Waals surface area (Å²) in [5.74, 6) is 1.87. The second kappa shape index (κ2) is 7.75. The second-order valence-corrected chi connectivity index (χ2v) is 9.39. The maximum absolute atomic E-state index is 12.3. The van der Waals surface area contributed by atoms with Crippen molar-refractivity contribution in [1.82, 2.24) is 14.4 Å². The molecule has 1 aromatic carbocycles. The second-order valence-electron chi connectivity index (χ2n) is 6.90. The molecule has 1 fully saturated rings. The lowest BCUT2D eigenvalue weighted by Crippen LogP contribution is -2.34. The van der Waals surface area contributed by atoms with Crippen LogP contribution in [0.3, 0.4) is 0 Å². The Morgan fingerprint density at radius 1 is 1.38 bits per heavy atom. The van der Waals surface area contributed by atoms with Crippen molar-refractivity contribution in [3.05, 3.63) is 41.5 Å². The van der Waals surface area contributed by atoms with Crippen LogP contribution in [0.2, 0.25) is 0 Å². The van der Waals surface area contributed by atoms with Gasteiger partial charge in [-0.2, -0.15) is 4.98 Å². The molecule has 142 valence electrons. The van der Waals surface area contributed by atoms with Crippen LogP contribution in [0.25, 0.3) is 0 Å². The molecular weight excluding hydrogens is 354 g/mol. The van der Waals surface area contributed by atoms with Crippen molar-refractivity contribution in [2.75, 3.05) is 19.7 Å². The summed E-state index contributed by atoms with van der Waals surface area (Å²) in [6.07, 6.45) is 1.24. The zero-order valence-corrected chi connectivity index (χ0v) is 16.2. The van der Waals surface area contributed by atoms with E-state index >= 15 is 0 Å². The average molecular weight is 379 g/mol. The number of hydrogen-bond acceptors (Lipinski definition) is 6. The maximum Gasteiger partial charge on any atom is 0.231 e. The smallest absolute Gasteiger partial charge is 0.231 e. The van der Waals surface area contributed by atoms with Crippen LogP contribution < -0.4 is 4.74 Å². The monoisotopic (exact) mass is 379 g/mol. The van der Waals surface area contributed by atoms with Crippen molar-refractivity contribution in [1.29, 1.82) is 0 Å². The van der Waals surface area contributed by atoms with Crippen molar-refractivity contribution in [3.8, 4) is 5.75 Å². The number of ether oxygens (including phenoxy) is 1. The Labute approximate surface area is 154 Å². The molecule has 1 atom stereocenters. The van der Waals surface area contributed by atoms with Gasteiger partial charge in [0.1, 0.15) is 5.75 Å². The molecule has 1 aliphatic heterocycles. The summed E-state index contributed by atoms with van der Waals surface area (Å²) < 4.78 is 37.1.